The monoisotopic (exact) mass is 247 g/mol. The highest BCUT2D eigenvalue weighted by molar-refractivity contribution is 14.1. The lowest BCUT2D eigenvalue weighted by atomic mass is 11.0. The Morgan fingerprint density at radius 1 is 1.62 bits per heavy atom. The fraction of sp³-hybridized carbons (Fsp3) is 1.00. The second-order valence-corrected chi connectivity index (χ2v) is 5.26. The molecular weight excluding hydrogens is 241 g/mol. The Hall–Kier alpha value is 0.640. The number of nitrogens with two attached hydrogens (primary N) is 1. The van der Waals surface area contributed by atoms with Crippen molar-refractivity contribution < 1.29 is 8.42 Å². The van der Waals surface area contributed by atoms with Crippen molar-refractivity contribution in [2.75, 3.05) is 0 Å². The Balaban J connectivity index is 2.66. The summed E-state index contributed by atoms with van der Waals surface area (Å²) in [7, 11) is -3.19. The lowest BCUT2D eigenvalue weighted by molar-refractivity contribution is 0.597. The zero-order chi connectivity index (χ0) is 6.36. The first kappa shape index (κ1) is 6.76. The van der Waals surface area contributed by atoms with Crippen LogP contribution in [0.4, 0.5) is 0 Å². The molecule has 8 heavy (non-hydrogen) atoms. The molecule has 2 N–H and O–H groups in total. The van der Waals surface area contributed by atoms with Gasteiger partial charge in [0.1, 0.15) is 0 Å². The molecule has 1 fully saturated rings. The fourth-order valence-electron chi connectivity index (χ4n) is 0.483. The van der Waals surface area contributed by atoms with Gasteiger partial charge in [-0.2, -0.15) is 0 Å². The molecule has 0 amide bonds. The van der Waals surface area contributed by atoms with E-state index in [1.807, 2.05) is 0 Å². The van der Waals surface area contributed by atoms with E-state index in [2.05, 4.69) is 22.6 Å². The summed E-state index contributed by atoms with van der Waals surface area (Å²) in [4.78, 5) is 0. The molecule has 1 rings (SSSR count). The third kappa shape index (κ3) is 1.32. The Labute approximate surface area is 61.8 Å². The van der Waals surface area contributed by atoms with E-state index in [4.69, 9.17) is 5.14 Å². The molecule has 1 saturated carbocycles. The molecule has 0 radical (unpaired) electrons. The minimum atomic E-state index is -3.19. The summed E-state index contributed by atoms with van der Waals surface area (Å²) in [5, 5.41) is 4.55. The van der Waals surface area contributed by atoms with Crippen LogP contribution in [0.3, 0.4) is 0 Å². The maximum absolute atomic E-state index is 10.4. The molecule has 0 spiro atoms. The van der Waals surface area contributed by atoms with Crippen molar-refractivity contribution in [3.63, 3.8) is 0 Å². The number of halogens is 1. The quantitative estimate of drug-likeness (QED) is 0.517. The van der Waals surface area contributed by atoms with E-state index < -0.39 is 10.0 Å². The van der Waals surface area contributed by atoms with Gasteiger partial charge in [-0.25, -0.2) is 13.6 Å². The van der Waals surface area contributed by atoms with E-state index in [1.54, 1.807) is 0 Å². The van der Waals surface area contributed by atoms with Crippen LogP contribution in [0, 0.1) is 0 Å². The van der Waals surface area contributed by atoms with Crippen LogP contribution in [0.1, 0.15) is 6.42 Å². The van der Waals surface area contributed by atoms with Crippen molar-refractivity contribution in [1.29, 1.82) is 0 Å². The van der Waals surface area contributed by atoms with Gasteiger partial charge in [0.05, 0.1) is 5.25 Å². The van der Waals surface area contributed by atoms with Crippen LogP contribution in [-0.4, -0.2) is 17.6 Å². The van der Waals surface area contributed by atoms with Gasteiger partial charge in [-0.3, -0.25) is 0 Å². The summed E-state index contributed by atoms with van der Waals surface area (Å²) >= 11 is 2.08. The Bertz CT molecular complexity index is 187. The highest BCUT2D eigenvalue weighted by atomic mass is 127. The van der Waals surface area contributed by atoms with E-state index in [0.29, 0.717) is 0 Å². The molecule has 0 saturated heterocycles. The van der Waals surface area contributed by atoms with Crippen LogP contribution in [0.25, 0.3) is 0 Å². The summed E-state index contributed by atoms with van der Waals surface area (Å²) in [6.07, 6.45) is 0.736. The number of sulfonamides is 1. The summed E-state index contributed by atoms with van der Waals surface area (Å²) in [5.74, 6) is 0. The second-order valence-electron chi connectivity index (χ2n) is 1.88. The topological polar surface area (TPSA) is 60.2 Å². The second kappa shape index (κ2) is 1.81. The van der Waals surface area contributed by atoms with Gasteiger partial charge in [-0.05, 0) is 6.42 Å². The number of hydrogen-bond acceptors (Lipinski definition) is 2. The highest BCUT2D eigenvalue weighted by Crippen LogP contribution is 2.35. The van der Waals surface area contributed by atoms with Crippen LogP contribution in [-0.2, 0) is 10.0 Å². The molecule has 0 aliphatic heterocycles. The third-order valence-electron chi connectivity index (χ3n) is 1.08. The first-order chi connectivity index (χ1) is 3.52. The molecule has 2 atom stereocenters. The van der Waals surface area contributed by atoms with Crippen molar-refractivity contribution in [1.82, 2.24) is 0 Å². The molecular formula is C3H6INO2S. The van der Waals surface area contributed by atoms with E-state index in [-0.39, 0.29) is 9.17 Å². The van der Waals surface area contributed by atoms with E-state index in [0.717, 1.165) is 6.42 Å². The average molecular weight is 247 g/mol. The SMILES string of the molecule is NS(=O)(=O)[C@H]1C[C@@H]1I. The largest absolute Gasteiger partial charge is 0.228 e. The van der Waals surface area contributed by atoms with Crippen molar-refractivity contribution in [3.05, 3.63) is 0 Å². The highest BCUT2D eigenvalue weighted by Gasteiger charge is 2.43. The molecule has 3 nitrogen and oxygen atoms in total. The number of alkyl halides is 1. The van der Waals surface area contributed by atoms with Gasteiger partial charge in [0.15, 0.2) is 0 Å². The molecule has 48 valence electrons. The molecule has 1 aliphatic rings. The molecule has 0 bridgehead atoms. The van der Waals surface area contributed by atoms with Crippen LogP contribution < -0.4 is 5.14 Å². The predicted molar refractivity (Wildman–Crippen MR) is 39.3 cm³/mol. The van der Waals surface area contributed by atoms with Gasteiger partial charge in [0, 0.05) is 3.92 Å². The third-order valence-corrected chi connectivity index (χ3v) is 4.31. The molecule has 1 aliphatic carbocycles. The zero-order valence-electron chi connectivity index (χ0n) is 4.04. The van der Waals surface area contributed by atoms with E-state index in [1.165, 1.54) is 0 Å². The maximum atomic E-state index is 10.4. The van der Waals surface area contributed by atoms with Crippen molar-refractivity contribution >= 4 is 32.6 Å². The minimum absolute atomic E-state index is 0.247. The molecule has 0 unspecified atom stereocenters. The van der Waals surface area contributed by atoms with Crippen molar-refractivity contribution in [2.24, 2.45) is 5.14 Å². The van der Waals surface area contributed by atoms with Gasteiger partial charge in [0.25, 0.3) is 0 Å². The zero-order valence-corrected chi connectivity index (χ0v) is 7.02. The summed E-state index contributed by atoms with van der Waals surface area (Å²) in [5.41, 5.74) is 0. The Morgan fingerprint density at radius 3 is 2.00 bits per heavy atom. The van der Waals surface area contributed by atoms with E-state index in [9.17, 15) is 8.42 Å². The summed E-state index contributed by atoms with van der Waals surface area (Å²) in [6.45, 7) is 0. The molecule has 5 heteroatoms. The maximum Gasteiger partial charge on any atom is 0.213 e. The van der Waals surface area contributed by atoms with Gasteiger partial charge < -0.3 is 0 Å². The molecule has 0 aromatic carbocycles. The predicted octanol–water partition coefficient (Wildman–Crippen LogP) is -0.149. The lowest BCUT2D eigenvalue weighted by Gasteiger charge is -1.87. The van der Waals surface area contributed by atoms with Crippen molar-refractivity contribution in [2.45, 2.75) is 15.6 Å². The fourth-order valence-corrected chi connectivity index (χ4v) is 3.49. The standard InChI is InChI=1S/C3H6INO2S/c4-2-1-3(2)8(5,6)7/h2-3H,1H2,(H2,5,6,7)/t2-,3-/m0/s1. The van der Waals surface area contributed by atoms with E-state index >= 15 is 0 Å². The van der Waals surface area contributed by atoms with Gasteiger partial charge in [-0.1, -0.05) is 22.6 Å². The lowest BCUT2D eigenvalue weighted by Crippen LogP contribution is -2.18. The van der Waals surface area contributed by atoms with Crippen LogP contribution >= 0.6 is 22.6 Å². The van der Waals surface area contributed by atoms with Crippen LogP contribution in [0.2, 0.25) is 0 Å². The summed E-state index contributed by atoms with van der Waals surface area (Å²) < 4.78 is 21.0. The van der Waals surface area contributed by atoms with Crippen molar-refractivity contribution in [3.8, 4) is 0 Å². The number of primary sulfonamides is 1. The smallest absolute Gasteiger partial charge is 0.213 e. The average Bonchev–Trinajstić information content (AvgIpc) is 2.13. The van der Waals surface area contributed by atoms with Crippen LogP contribution in [0.15, 0.2) is 0 Å². The Kier molecular flexibility index (Phi) is 1.53. The Morgan fingerprint density at radius 2 is 2.00 bits per heavy atom. The molecule has 0 aromatic rings. The first-order valence-corrected chi connectivity index (χ1v) is 5.03. The summed E-state index contributed by atoms with van der Waals surface area (Å²) in [6, 6.07) is 0. The van der Waals surface area contributed by atoms with Gasteiger partial charge in [-0.15, -0.1) is 0 Å². The van der Waals surface area contributed by atoms with Crippen LogP contribution in [0.5, 0.6) is 0 Å². The normalized spacial score (nSPS) is 37.2. The van der Waals surface area contributed by atoms with Gasteiger partial charge in [0.2, 0.25) is 10.0 Å². The minimum Gasteiger partial charge on any atom is -0.228 e. The molecule has 0 heterocycles. The number of rotatable bonds is 1. The number of hydrogen-bond donors (Lipinski definition) is 1. The molecule has 0 aromatic heterocycles. The van der Waals surface area contributed by atoms with Gasteiger partial charge >= 0.3 is 0 Å². The first-order valence-electron chi connectivity index (χ1n) is 2.17.